The number of hydrogen-bond acceptors (Lipinski definition) is 2. The van der Waals surface area contributed by atoms with Gasteiger partial charge in [-0.25, -0.2) is 0 Å². The Balaban J connectivity index is 2.93. The van der Waals surface area contributed by atoms with Crippen molar-refractivity contribution in [3.05, 3.63) is 30.1 Å². The van der Waals surface area contributed by atoms with Gasteiger partial charge >= 0.3 is 0 Å². The second-order valence-electron chi connectivity index (χ2n) is 1.55. The van der Waals surface area contributed by atoms with Crippen molar-refractivity contribution in [1.82, 2.24) is 4.98 Å². The summed E-state index contributed by atoms with van der Waals surface area (Å²) in [5.41, 5.74) is 0.266. The minimum absolute atomic E-state index is 0.266. The Morgan fingerprint density at radius 1 is 1.67 bits per heavy atom. The molecule has 0 aliphatic carbocycles. The molecule has 0 saturated carbocycles. The van der Waals surface area contributed by atoms with E-state index in [2.05, 4.69) is 4.98 Å². The molecular formula is C7H9NO. The fraction of sp³-hybridized carbons (Fsp3) is 0.286. The van der Waals surface area contributed by atoms with Crippen LogP contribution < -0.4 is 0 Å². The van der Waals surface area contributed by atoms with Crippen LogP contribution in [0.2, 0.25) is 0 Å². The van der Waals surface area contributed by atoms with Crippen molar-refractivity contribution < 1.29 is 7.85 Å². The molecule has 0 radical (unpaired) electrons. The molecule has 9 heavy (non-hydrogen) atoms. The van der Waals surface area contributed by atoms with Gasteiger partial charge in [0.2, 0.25) is 0 Å². The smallest absolute Gasteiger partial charge is 0.0486 e. The normalized spacial score (nSPS) is 14.3. The lowest BCUT2D eigenvalue weighted by atomic mass is 10.3. The fourth-order valence-electron chi connectivity index (χ4n) is 0.548. The van der Waals surface area contributed by atoms with Crippen molar-refractivity contribution >= 4 is 0 Å². The van der Waals surface area contributed by atoms with Crippen molar-refractivity contribution in [3.63, 3.8) is 0 Å². The molecule has 0 aromatic carbocycles. The van der Waals surface area contributed by atoms with Crippen molar-refractivity contribution in [2.75, 3.05) is 6.61 Å². The van der Waals surface area contributed by atoms with Crippen LogP contribution in [0.3, 0.4) is 0 Å². The van der Waals surface area contributed by atoms with Crippen molar-refractivity contribution in [3.8, 4) is 0 Å². The van der Waals surface area contributed by atoms with Gasteiger partial charge in [-0.1, -0.05) is 6.07 Å². The first-order chi connectivity index (χ1) is 5.17. The number of pyridine rings is 1. The standard InChI is InChI=1S/C7H9NO/c9-6-4-7-3-1-2-5-8-7/h1-3,5,9H,4,6H2/i4D2. The molecule has 0 aliphatic heterocycles. The number of hydrogen-bond donors (Lipinski definition) is 1. The van der Waals surface area contributed by atoms with Gasteiger partial charge in [-0.05, 0) is 12.1 Å². The van der Waals surface area contributed by atoms with Crippen LogP contribution in [0.15, 0.2) is 24.4 Å². The predicted molar refractivity (Wildman–Crippen MR) is 35.0 cm³/mol. The molecule has 0 fully saturated rings. The second-order valence-corrected chi connectivity index (χ2v) is 1.55. The predicted octanol–water partition coefficient (Wildman–Crippen LogP) is 0.616. The molecule has 1 aromatic heterocycles. The third-order valence-electron chi connectivity index (χ3n) is 0.925. The van der Waals surface area contributed by atoms with Gasteiger partial charge in [0.25, 0.3) is 0 Å². The van der Waals surface area contributed by atoms with Gasteiger partial charge in [0.15, 0.2) is 0 Å². The highest BCUT2D eigenvalue weighted by molar-refractivity contribution is 5.03. The van der Waals surface area contributed by atoms with Crippen LogP contribution in [0.1, 0.15) is 8.44 Å². The highest BCUT2D eigenvalue weighted by Crippen LogP contribution is 1.91. The molecule has 0 amide bonds. The Morgan fingerprint density at radius 2 is 2.56 bits per heavy atom. The van der Waals surface area contributed by atoms with E-state index in [4.69, 9.17) is 7.85 Å². The molecule has 48 valence electrons. The summed E-state index contributed by atoms with van der Waals surface area (Å²) in [6.07, 6.45) is -0.218. The minimum atomic E-state index is -1.72. The summed E-state index contributed by atoms with van der Waals surface area (Å²) in [6.45, 7) is -0.538. The summed E-state index contributed by atoms with van der Waals surface area (Å²) in [4.78, 5) is 3.79. The molecule has 0 atom stereocenters. The van der Waals surface area contributed by atoms with Crippen LogP contribution >= 0.6 is 0 Å². The lowest BCUT2D eigenvalue weighted by Gasteiger charge is -1.92. The maximum absolute atomic E-state index is 8.63. The minimum Gasteiger partial charge on any atom is -0.396 e. The first-order valence-electron chi connectivity index (χ1n) is 3.69. The van der Waals surface area contributed by atoms with Crippen LogP contribution in [-0.4, -0.2) is 16.7 Å². The van der Waals surface area contributed by atoms with Gasteiger partial charge < -0.3 is 5.11 Å². The SMILES string of the molecule is [2H]C([2H])(CO)c1ccccn1. The van der Waals surface area contributed by atoms with E-state index >= 15 is 0 Å². The quantitative estimate of drug-likeness (QED) is 0.628. The number of aliphatic hydroxyl groups excluding tert-OH is 1. The molecule has 1 aromatic rings. The lowest BCUT2D eigenvalue weighted by molar-refractivity contribution is 0.298. The summed E-state index contributed by atoms with van der Waals surface area (Å²) < 4.78 is 14.5. The lowest BCUT2D eigenvalue weighted by Crippen LogP contribution is -1.91. The van der Waals surface area contributed by atoms with E-state index in [0.29, 0.717) is 0 Å². The van der Waals surface area contributed by atoms with E-state index in [9.17, 15) is 0 Å². The van der Waals surface area contributed by atoms with Gasteiger partial charge in [0, 0.05) is 27.6 Å². The molecule has 0 aliphatic rings. The highest BCUT2D eigenvalue weighted by atomic mass is 16.3. The monoisotopic (exact) mass is 125 g/mol. The van der Waals surface area contributed by atoms with Crippen LogP contribution in [0, 0.1) is 0 Å². The molecule has 1 rings (SSSR count). The molecule has 1 heterocycles. The van der Waals surface area contributed by atoms with Crippen molar-refractivity contribution in [1.29, 1.82) is 0 Å². The average molecular weight is 125 g/mol. The Hall–Kier alpha value is -0.890. The summed E-state index contributed by atoms with van der Waals surface area (Å²) in [6, 6.07) is 4.95. The third kappa shape index (κ3) is 1.82. The van der Waals surface area contributed by atoms with E-state index in [1.807, 2.05) is 0 Å². The zero-order valence-corrected chi connectivity index (χ0v) is 4.91. The Morgan fingerprint density at radius 3 is 3.11 bits per heavy atom. The topological polar surface area (TPSA) is 33.1 Å². The number of rotatable bonds is 2. The Kier molecular flexibility index (Phi) is 1.43. The van der Waals surface area contributed by atoms with E-state index in [0.717, 1.165) is 0 Å². The molecule has 2 nitrogen and oxygen atoms in total. The molecule has 0 unspecified atom stereocenters. The van der Waals surface area contributed by atoms with Crippen molar-refractivity contribution in [2.24, 2.45) is 0 Å². The molecule has 2 heteroatoms. The summed E-state index contributed by atoms with van der Waals surface area (Å²) in [5.74, 6) is 0. The Bertz CT molecular complexity index is 225. The maximum atomic E-state index is 8.63. The zero-order valence-electron chi connectivity index (χ0n) is 6.91. The van der Waals surface area contributed by atoms with Crippen LogP contribution in [-0.2, 0) is 6.37 Å². The number of aliphatic hydroxyl groups is 1. The average Bonchev–Trinajstić information content (AvgIpc) is 2.06. The Labute approximate surface area is 57.0 Å². The number of nitrogens with zero attached hydrogens (tertiary/aromatic N) is 1. The molecule has 0 saturated heterocycles. The van der Waals surface area contributed by atoms with Gasteiger partial charge in [0.05, 0.1) is 0 Å². The summed E-state index contributed by atoms with van der Waals surface area (Å²) >= 11 is 0. The fourth-order valence-corrected chi connectivity index (χ4v) is 0.548. The molecular weight excluding hydrogens is 114 g/mol. The maximum Gasteiger partial charge on any atom is 0.0486 e. The van der Waals surface area contributed by atoms with Crippen LogP contribution in [0.4, 0.5) is 0 Å². The largest absolute Gasteiger partial charge is 0.396 e. The third-order valence-corrected chi connectivity index (χ3v) is 0.925. The van der Waals surface area contributed by atoms with E-state index in [1.165, 1.54) is 6.20 Å². The van der Waals surface area contributed by atoms with Gasteiger partial charge in [-0.3, -0.25) is 4.98 Å². The summed E-state index contributed by atoms with van der Waals surface area (Å²) in [7, 11) is 0. The summed E-state index contributed by atoms with van der Waals surface area (Å²) in [5, 5.41) is 8.63. The van der Waals surface area contributed by atoms with Gasteiger partial charge in [0.1, 0.15) is 0 Å². The number of aromatic nitrogens is 1. The first-order valence-corrected chi connectivity index (χ1v) is 2.69. The van der Waals surface area contributed by atoms with E-state index in [1.54, 1.807) is 18.2 Å². The van der Waals surface area contributed by atoms with E-state index < -0.39 is 13.0 Å². The zero-order chi connectivity index (χ0) is 8.32. The van der Waals surface area contributed by atoms with Crippen LogP contribution in [0.25, 0.3) is 0 Å². The molecule has 0 bridgehead atoms. The van der Waals surface area contributed by atoms with Gasteiger partial charge in [-0.15, -0.1) is 0 Å². The highest BCUT2D eigenvalue weighted by Gasteiger charge is 1.87. The molecule has 1 N–H and O–H groups in total. The van der Waals surface area contributed by atoms with E-state index in [-0.39, 0.29) is 5.69 Å². The van der Waals surface area contributed by atoms with Gasteiger partial charge in [-0.2, -0.15) is 0 Å². The van der Waals surface area contributed by atoms with Crippen molar-refractivity contribution in [2.45, 2.75) is 6.37 Å². The molecule has 0 spiro atoms. The second kappa shape index (κ2) is 3.20. The first kappa shape index (κ1) is 4.01. The van der Waals surface area contributed by atoms with Crippen LogP contribution in [0.5, 0.6) is 0 Å².